The maximum Gasteiger partial charge on any atom is 0.251 e. The van der Waals surface area contributed by atoms with Crippen LogP contribution in [0.3, 0.4) is 0 Å². The van der Waals surface area contributed by atoms with Crippen molar-refractivity contribution < 1.29 is 4.79 Å². The van der Waals surface area contributed by atoms with Gasteiger partial charge in [0.2, 0.25) is 0 Å². The van der Waals surface area contributed by atoms with Gasteiger partial charge in [-0.1, -0.05) is 30.3 Å². The Hall–Kier alpha value is -2.68. The van der Waals surface area contributed by atoms with Gasteiger partial charge in [0.15, 0.2) is 0 Å². The van der Waals surface area contributed by atoms with Gasteiger partial charge in [-0.3, -0.25) is 9.78 Å². The van der Waals surface area contributed by atoms with E-state index in [-0.39, 0.29) is 5.91 Å². The smallest absolute Gasteiger partial charge is 0.251 e. The zero-order valence-corrected chi connectivity index (χ0v) is 12.1. The number of nitrogens with zero attached hydrogens (tertiary/aromatic N) is 1. The molecule has 0 bridgehead atoms. The van der Waals surface area contributed by atoms with Crippen LogP contribution >= 0.6 is 0 Å². The molecule has 0 radical (unpaired) electrons. The number of benzene rings is 2. The van der Waals surface area contributed by atoms with E-state index in [1.165, 1.54) is 0 Å². The summed E-state index contributed by atoms with van der Waals surface area (Å²) in [5.74, 6) is 0.0121. The summed E-state index contributed by atoms with van der Waals surface area (Å²) in [6.07, 6.45) is 4.06. The third-order valence-corrected chi connectivity index (χ3v) is 3.96. The van der Waals surface area contributed by atoms with Gasteiger partial charge in [-0.2, -0.15) is 0 Å². The fraction of sp³-hybridized carbons (Fsp3) is 0.158. The molecule has 0 atom stereocenters. The van der Waals surface area contributed by atoms with Crippen LogP contribution in [0.5, 0.6) is 0 Å². The molecule has 1 fully saturated rings. The largest absolute Gasteiger partial charge is 0.349 e. The fourth-order valence-electron chi connectivity index (χ4n) is 2.57. The Labute approximate surface area is 129 Å². The molecule has 3 aromatic rings. The zero-order chi connectivity index (χ0) is 14.9. The van der Waals surface area contributed by atoms with Gasteiger partial charge in [0, 0.05) is 28.8 Å². The van der Waals surface area contributed by atoms with E-state index in [9.17, 15) is 4.79 Å². The van der Waals surface area contributed by atoms with Gasteiger partial charge in [-0.25, -0.2) is 0 Å². The summed E-state index contributed by atoms with van der Waals surface area (Å²) < 4.78 is 0. The average Bonchev–Trinajstić information content (AvgIpc) is 3.38. The summed E-state index contributed by atoms with van der Waals surface area (Å²) in [7, 11) is 0. The standard InChI is InChI=1S/C19H16N2O/c22-19(21-17-8-9-17)15-6-3-5-13(10-15)16-11-14-4-1-2-7-18(14)20-12-16/h1-7,10-12,17H,8-9H2,(H,21,22). The summed E-state index contributed by atoms with van der Waals surface area (Å²) >= 11 is 0. The Bertz CT molecular complexity index is 853. The molecule has 2 aromatic carbocycles. The highest BCUT2D eigenvalue weighted by atomic mass is 16.1. The van der Waals surface area contributed by atoms with E-state index in [0.717, 1.165) is 34.9 Å². The first kappa shape index (κ1) is 13.0. The van der Waals surface area contributed by atoms with Gasteiger partial charge in [0.25, 0.3) is 5.91 Å². The lowest BCUT2D eigenvalue weighted by Gasteiger charge is -2.07. The highest BCUT2D eigenvalue weighted by molar-refractivity contribution is 5.96. The van der Waals surface area contributed by atoms with Crippen LogP contribution in [-0.2, 0) is 0 Å². The number of aromatic nitrogens is 1. The van der Waals surface area contributed by atoms with Crippen LogP contribution in [0.1, 0.15) is 23.2 Å². The Morgan fingerprint density at radius 2 is 1.86 bits per heavy atom. The highest BCUT2D eigenvalue weighted by Gasteiger charge is 2.23. The number of para-hydroxylation sites is 1. The number of hydrogen-bond acceptors (Lipinski definition) is 2. The van der Waals surface area contributed by atoms with E-state index in [2.05, 4.69) is 22.4 Å². The number of carbonyl (C=O) groups is 1. The molecule has 4 rings (SSSR count). The van der Waals surface area contributed by atoms with Gasteiger partial charge in [0.1, 0.15) is 0 Å². The molecule has 0 saturated heterocycles. The lowest BCUT2D eigenvalue weighted by Crippen LogP contribution is -2.25. The number of amides is 1. The average molecular weight is 288 g/mol. The molecule has 1 aromatic heterocycles. The van der Waals surface area contributed by atoms with E-state index >= 15 is 0 Å². The van der Waals surface area contributed by atoms with Gasteiger partial charge in [-0.05, 0) is 42.7 Å². The molecule has 1 aliphatic rings. The van der Waals surface area contributed by atoms with Crippen molar-refractivity contribution in [2.24, 2.45) is 0 Å². The minimum Gasteiger partial charge on any atom is -0.349 e. The van der Waals surface area contributed by atoms with Crippen molar-refractivity contribution in [1.29, 1.82) is 0 Å². The van der Waals surface area contributed by atoms with Crippen LogP contribution < -0.4 is 5.32 Å². The molecule has 1 N–H and O–H groups in total. The van der Waals surface area contributed by atoms with Crippen molar-refractivity contribution in [3.63, 3.8) is 0 Å². The van der Waals surface area contributed by atoms with Crippen LogP contribution in [0.25, 0.3) is 22.0 Å². The summed E-state index contributed by atoms with van der Waals surface area (Å²) in [4.78, 5) is 16.7. The van der Waals surface area contributed by atoms with E-state index in [4.69, 9.17) is 0 Å². The number of pyridine rings is 1. The molecule has 1 amide bonds. The molecule has 3 nitrogen and oxygen atoms in total. The number of fused-ring (bicyclic) bond motifs is 1. The first-order valence-corrected chi connectivity index (χ1v) is 7.56. The molecule has 22 heavy (non-hydrogen) atoms. The van der Waals surface area contributed by atoms with Crippen LogP contribution in [0.4, 0.5) is 0 Å². The number of rotatable bonds is 3. The maximum absolute atomic E-state index is 12.2. The zero-order valence-electron chi connectivity index (χ0n) is 12.1. The highest BCUT2D eigenvalue weighted by Crippen LogP contribution is 2.24. The Morgan fingerprint density at radius 3 is 2.73 bits per heavy atom. The molecular formula is C19H16N2O. The minimum absolute atomic E-state index is 0.0121. The van der Waals surface area contributed by atoms with Crippen molar-refractivity contribution in [3.05, 3.63) is 66.4 Å². The monoisotopic (exact) mass is 288 g/mol. The molecule has 1 aliphatic carbocycles. The lowest BCUT2D eigenvalue weighted by atomic mass is 10.0. The fourth-order valence-corrected chi connectivity index (χ4v) is 2.57. The first-order chi connectivity index (χ1) is 10.8. The van der Waals surface area contributed by atoms with Crippen LogP contribution in [-0.4, -0.2) is 16.9 Å². The minimum atomic E-state index is 0.0121. The van der Waals surface area contributed by atoms with E-state index in [1.807, 2.05) is 48.7 Å². The van der Waals surface area contributed by atoms with E-state index in [1.54, 1.807) is 0 Å². The molecular weight excluding hydrogens is 272 g/mol. The summed E-state index contributed by atoms with van der Waals surface area (Å²) in [5.41, 5.74) is 3.73. The van der Waals surface area contributed by atoms with Gasteiger partial charge < -0.3 is 5.32 Å². The van der Waals surface area contributed by atoms with Crippen LogP contribution in [0.15, 0.2) is 60.8 Å². The summed E-state index contributed by atoms with van der Waals surface area (Å²) in [6.45, 7) is 0. The van der Waals surface area contributed by atoms with Crippen molar-refractivity contribution >= 4 is 16.8 Å². The first-order valence-electron chi connectivity index (χ1n) is 7.56. The summed E-state index contributed by atoms with van der Waals surface area (Å²) in [5, 5.41) is 4.13. The second-order valence-electron chi connectivity index (χ2n) is 5.75. The van der Waals surface area contributed by atoms with Gasteiger partial charge >= 0.3 is 0 Å². The van der Waals surface area contributed by atoms with E-state index in [0.29, 0.717) is 11.6 Å². The van der Waals surface area contributed by atoms with Crippen molar-refractivity contribution in [2.45, 2.75) is 18.9 Å². The number of carbonyl (C=O) groups excluding carboxylic acids is 1. The number of hydrogen-bond donors (Lipinski definition) is 1. The van der Waals surface area contributed by atoms with Crippen molar-refractivity contribution in [3.8, 4) is 11.1 Å². The van der Waals surface area contributed by atoms with Crippen molar-refractivity contribution in [2.75, 3.05) is 0 Å². The van der Waals surface area contributed by atoms with Gasteiger partial charge in [0.05, 0.1) is 5.52 Å². The quantitative estimate of drug-likeness (QED) is 0.796. The Morgan fingerprint density at radius 1 is 1.00 bits per heavy atom. The van der Waals surface area contributed by atoms with E-state index < -0.39 is 0 Å². The molecule has 1 heterocycles. The maximum atomic E-state index is 12.2. The molecule has 0 spiro atoms. The molecule has 108 valence electrons. The summed E-state index contributed by atoms with van der Waals surface area (Å²) in [6, 6.07) is 18.3. The van der Waals surface area contributed by atoms with Gasteiger partial charge in [-0.15, -0.1) is 0 Å². The predicted octanol–water partition coefficient (Wildman–Crippen LogP) is 3.79. The number of nitrogens with one attached hydrogen (secondary N) is 1. The second kappa shape index (κ2) is 5.26. The predicted molar refractivity (Wildman–Crippen MR) is 87.7 cm³/mol. The molecule has 0 aliphatic heterocycles. The molecule has 0 unspecified atom stereocenters. The second-order valence-corrected chi connectivity index (χ2v) is 5.75. The van der Waals surface area contributed by atoms with Crippen molar-refractivity contribution in [1.82, 2.24) is 10.3 Å². The normalized spacial score (nSPS) is 14.0. The lowest BCUT2D eigenvalue weighted by molar-refractivity contribution is 0.0951. The SMILES string of the molecule is O=C(NC1CC1)c1cccc(-c2cnc3ccccc3c2)c1. The van der Waals surface area contributed by atoms with Crippen LogP contribution in [0, 0.1) is 0 Å². The third-order valence-electron chi connectivity index (χ3n) is 3.96. The third kappa shape index (κ3) is 2.58. The molecule has 3 heteroatoms. The molecule has 1 saturated carbocycles. The topological polar surface area (TPSA) is 42.0 Å². The Balaban J connectivity index is 1.69. The Kier molecular flexibility index (Phi) is 3.11. The van der Waals surface area contributed by atoms with Crippen LogP contribution in [0.2, 0.25) is 0 Å².